The number of halogens is 3. The first-order valence-electron chi connectivity index (χ1n) is 7.48. The molecule has 3 rings (SSSR count). The first-order chi connectivity index (χ1) is 12.3. The van der Waals surface area contributed by atoms with E-state index in [4.69, 9.17) is 0 Å². The van der Waals surface area contributed by atoms with Gasteiger partial charge in [0.2, 0.25) is 0 Å². The molecule has 0 aliphatic heterocycles. The van der Waals surface area contributed by atoms with Gasteiger partial charge in [-0.15, -0.1) is 0 Å². The summed E-state index contributed by atoms with van der Waals surface area (Å²) in [5, 5.41) is 18.3. The number of nitro groups is 1. The topological polar surface area (TPSA) is 73.0 Å². The second kappa shape index (κ2) is 6.83. The van der Waals surface area contributed by atoms with E-state index in [0.29, 0.717) is 27.1 Å². The molecule has 0 unspecified atom stereocenters. The Morgan fingerprint density at radius 1 is 1.27 bits per heavy atom. The lowest BCUT2D eigenvalue weighted by molar-refractivity contribution is -0.384. The molecule has 2 aromatic carbocycles. The number of hydrogen-bond donors (Lipinski definition) is 1. The molecule has 1 aromatic heterocycles. The molecule has 0 aliphatic carbocycles. The molecule has 26 heavy (non-hydrogen) atoms. The summed E-state index contributed by atoms with van der Waals surface area (Å²) in [4.78, 5) is 10.6. The Hall–Kier alpha value is -2.81. The highest BCUT2D eigenvalue weighted by Gasteiger charge is 2.23. The van der Waals surface area contributed by atoms with Crippen LogP contribution in [0.1, 0.15) is 5.69 Å². The van der Waals surface area contributed by atoms with Gasteiger partial charge in [0.15, 0.2) is 11.5 Å². The van der Waals surface area contributed by atoms with Crippen LogP contribution < -0.4 is 5.32 Å². The smallest absolute Gasteiger partial charge is 0.295 e. The Bertz CT molecular complexity index is 1020. The second-order valence-corrected chi connectivity index (χ2v) is 6.43. The van der Waals surface area contributed by atoms with Crippen molar-refractivity contribution in [3.63, 3.8) is 0 Å². The first-order valence-corrected chi connectivity index (χ1v) is 8.28. The summed E-state index contributed by atoms with van der Waals surface area (Å²) in [6.45, 7) is 1.74. The molecule has 1 heterocycles. The Morgan fingerprint density at radius 2 is 2.00 bits per heavy atom. The Balaban J connectivity index is 2.18. The van der Waals surface area contributed by atoms with Gasteiger partial charge in [-0.2, -0.15) is 5.10 Å². The van der Waals surface area contributed by atoms with Gasteiger partial charge in [-0.3, -0.25) is 14.8 Å². The van der Waals surface area contributed by atoms with Crippen molar-refractivity contribution in [2.75, 3.05) is 5.32 Å². The zero-order valence-corrected chi connectivity index (χ0v) is 15.3. The van der Waals surface area contributed by atoms with Gasteiger partial charge in [-0.05, 0) is 25.1 Å². The summed E-state index contributed by atoms with van der Waals surface area (Å²) in [6.07, 6.45) is 0. The normalized spacial score (nSPS) is 10.8. The second-order valence-electron chi connectivity index (χ2n) is 5.57. The number of para-hydroxylation sites is 1. The first kappa shape index (κ1) is 18.0. The van der Waals surface area contributed by atoms with Crippen LogP contribution in [0.15, 0.2) is 40.9 Å². The fourth-order valence-corrected chi connectivity index (χ4v) is 3.27. The summed E-state index contributed by atoms with van der Waals surface area (Å²) >= 11 is 3.31. The third-order valence-electron chi connectivity index (χ3n) is 3.85. The lowest BCUT2D eigenvalue weighted by atomic mass is 10.1. The zero-order valence-electron chi connectivity index (χ0n) is 13.8. The van der Waals surface area contributed by atoms with Crippen molar-refractivity contribution in [3.8, 4) is 11.1 Å². The molecule has 0 atom stereocenters. The summed E-state index contributed by atoms with van der Waals surface area (Å²) in [5.41, 5.74) is 1.14. The van der Waals surface area contributed by atoms with Crippen LogP contribution in [0.2, 0.25) is 0 Å². The lowest BCUT2D eigenvalue weighted by Crippen LogP contribution is -2.04. The maximum Gasteiger partial charge on any atom is 0.295 e. The minimum atomic E-state index is -0.762. The van der Waals surface area contributed by atoms with Crippen LogP contribution in [0.4, 0.5) is 26.0 Å². The molecule has 9 heteroatoms. The average molecular weight is 423 g/mol. The summed E-state index contributed by atoms with van der Waals surface area (Å²) in [6, 6.07) is 7.77. The zero-order chi connectivity index (χ0) is 19.0. The number of rotatable bonds is 4. The maximum absolute atomic E-state index is 14.2. The van der Waals surface area contributed by atoms with Crippen molar-refractivity contribution in [1.29, 1.82) is 0 Å². The van der Waals surface area contributed by atoms with E-state index >= 15 is 0 Å². The summed E-state index contributed by atoms with van der Waals surface area (Å²) < 4.78 is 29.6. The molecule has 0 saturated carbocycles. The van der Waals surface area contributed by atoms with Crippen molar-refractivity contribution in [2.24, 2.45) is 7.05 Å². The molecule has 0 fully saturated rings. The fourth-order valence-electron chi connectivity index (χ4n) is 2.72. The number of aromatic nitrogens is 2. The molecule has 1 N–H and O–H groups in total. The minimum Gasteiger partial charge on any atom is -0.332 e. The van der Waals surface area contributed by atoms with Gasteiger partial charge < -0.3 is 5.32 Å². The molecule has 0 radical (unpaired) electrons. The summed E-state index contributed by atoms with van der Waals surface area (Å²) in [7, 11) is 1.63. The highest BCUT2D eigenvalue weighted by Crippen LogP contribution is 2.39. The molecule has 6 nitrogen and oxygen atoms in total. The minimum absolute atomic E-state index is 0.264. The van der Waals surface area contributed by atoms with Gasteiger partial charge in [0, 0.05) is 28.7 Å². The number of nitro benzene ring substituents is 1. The molecule has 0 bridgehead atoms. The van der Waals surface area contributed by atoms with E-state index in [-0.39, 0.29) is 5.69 Å². The molecular formula is C17H13BrF2N4O2. The number of anilines is 2. The van der Waals surface area contributed by atoms with Crippen LogP contribution in [0.5, 0.6) is 0 Å². The number of nitrogens with one attached hydrogen (secondary N) is 1. The van der Waals surface area contributed by atoms with Crippen molar-refractivity contribution in [1.82, 2.24) is 9.78 Å². The monoisotopic (exact) mass is 422 g/mol. The van der Waals surface area contributed by atoms with Gasteiger partial charge in [0.1, 0.15) is 11.6 Å². The van der Waals surface area contributed by atoms with E-state index in [2.05, 4.69) is 26.3 Å². The molecular weight excluding hydrogens is 410 g/mol. The largest absolute Gasteiger partial charge is 0.332 e. The van der Waals surface area contributed by atoms with Crippen molar-refractivity contribution in [2.45, 2.75) is 6.92 Å². The SMILES string of the molecule is Cc1nn(C)c(Nc2c(F)cccc2[N+](=O)[O-])c1-c1ccc(F)cc1Br. The Kier molecular flexibility index (Phi) is 4.73. The fraction of sp³-hybridized carbons (Fsp3) is 0.118. The molecule has 0 spiro atoms. The number of benzene rings is 2. The quantitative estimate of drug-likeness (QED) is 0.469. The van der Waals surface area contributed by atoms with E-state index < -0.39 is 22.2 Å². The molecule has 0 amide bonds. The maximum atomic E-state index is 14.2. The lowest BCUT2D eigenvalue weighted by Gasteiger charge is -2.12. The van der Waals surface area contributed by atoms with Crippen LogP contribution in [-0.2, 0) is 7.05 Å². The highest BCUT2D eigenvalue weighted by atomic mass is 79.9. The third-order valence-corrected chi connectivity index (χ3v) is 4.51. The van der Waals surface area contributed by atoms with Crippen LogP contribution in [0.3, 0.4) is 0 Å². The van der Waals surface area contributed by atoms with Gasteiger partial charge in [-0.25, -0.2) is 8.78 Å². The molecule has 0 saturated heterocycles. The standard InChI is InChI=1S/C17H13BrF2N4O2/c1-9-15(11-7-6-10(19)8-12(11)18)17(23(2)22-9)21-16-13(20)4-3-5-14(16)24(25)26/h3-8,21H,1-2H3. The van der Waals surface area contributed by atoms with Crippen molar-refractivity contribution < 1.29 is 13.7 Å². The van der Waals surface area contributed by atoms with Crippen molar-refractivity contribution in [3.05, 3.63) is 68.3 Å². The molecule has 134 valence electrons. The number of hydrogen-bond acceptors (Lipinski definition) is 4. The van der Waals surface area contributed by atoms with Gasteiger partial charge in [-0.1, -0.05) is 28.1 Å². The van der Waals surface area contributed by atoms with E-state index in [1.54, 1.807) is 20.0 Å². The summed E-state index contributed by atoms with van der Waals surface area (Å²) in [5.74, 6) is -0.827. The van der Waals surface area contributed by atoms with E-state index in [9.17, 15) is 18.9 Å². The van der Waals surface area contributed by atoms with Crippen LogP contribution in [0, 0.1) is 28.7 Å². The predicted molar refractivity (Wildman–Crippen MR) is 97.4 cm³/mol. The van der Waals surface area contributed by atoms with Crippen LogP contribution in [-0.4, -0.2) is 14.7 Å². The van der Waals surface area contributed by atoms with Gasteiger partial charge in [0.25, 0.3) is 5.69 Å². The number of aryl methyl sites for hydroxylation is 2. The van der Waals surface area contributed by atoms with Gasteiger partial charge in [0.05, 0.1) is 10.6 Å². The average Bonchev–Trinajstić information content (AvgIpc) is 2.83. The van der Waals surface area contributed by atoms with Crippen LogP contribution >= 0.6 is 15.9 Å². The Morgan fingerprint density at radius 3 is 2.65 bits per heavy atom. The predicted octanol–water partition coefficient (Wildman–Crippen LogP) is 5.09. The molecule has 3 aromatic rings. The van der Waals surface area contributed by atoms with Crippen LogP contribution in [0.25, 0.3) is 11.1 Å². The van der Waals surface area contributed by atoms with E-state index in [1.807, 2.05) is 0 Å². The van der Waals surface area contributed by atoms with E-state index in [0.717, 1.165) is 6.07 Å². The van der Waals surface area contributed by atoms with E-state index in [1.165, 1.54) is 28.9 Å². The van der Waals surface area contributed by atoms with Crippen molar-refractivity contribution >= 4 is 33.1 Å². The number of nitrogens with zero attached hydrogens (tertiary/aromatic N) is 3. The molecule has 0 aliphatic rings. The van der Waals surface area contributed by atoms with Gasteiger partial charge >= 0.3 is 0 Å². The Labute approximate surface area is 155 Å². The third kappa shape index (κ3) is 3.17. The highest BCUT2D eigenvalue weighted by molar-refractivity contribution is 9.10.